The molecule has 0 atom stereocenters. The highest BCUT2D eigenvalue weighted by Gasteiger charge is 2.30. The fourth-order valence-corrected chi connectivity index (χ4v) is 3.13. The maximum absolute atomic E-state index is 12.1. The van der Waals surface area contributed by atoms with Gasteiger partial charge in [0.05, 0.1) is 19.8 Å². The number of aliphatic hydroxyl groups excluding tert-OH is 1. The number of carbonyl (C=O) groups excluding carboxylic acids is 2. The molecule has 1 heterocycles. The summed E-state index contributed by atoms with van der Waals surface area (Å²) in [6, 6.07) is 7.33. The minimum absolute atomic E-state index is 0.00483. The Labute approximate surface area is 167 Å². The van der Waals surface area contributed by atoms with Gasteiger partial charge in [-0.05, 0) is 30.7 Å². The number of anilines is 1. The number of hydrogen-bond acceptors (Lipinski definition) is 5. The van der Waals surface area contributed by atoms with Gasteiger partial charge in [-0.1, -0.05) is 51.9 Å². The van der Waals surface area contributed by atoms with Gasteiger partial charge in [-0.2, -0.15) is 0 Å². The van der Waals surface area contributed by atoms with Crippen LogP contribution in [-0.4, -0.2) is 41.6 Å². The van der Waals surface area contributed by atoms with Crippen LogP contribution in [0.2, 0.25) is 0 Å². The van der Waals surface area contributed by atoms with E-state index in [4.69, 9.17) is 9.84 Å². The Kier molecular flexibility index (Phi) is 9.55. The average molecular weight is 389 g/mol. The van der Waals surface area contributed by atoms with Crippen molar-refractivity contribution in [2.75, 3.05) is 25.1 Å². The van der Waals surface area contributed by atoms with Crippen molar-refractivity contribution in [2.24, 2.45) is 0 Å². The first-order valence-corrected chi connectivity index (χ1v) is 10.3. The average Bonchev–Trinajstić information content (AvgIpc) is 2.96. The first-order valence-electron chi connectivity index (χ1n) is 10.3. The van der Waals surface area contributed by atoms with Crippen LogP contribution in [0.25, 0.3) is 0 Å². The lowest BCUT2D eigenvalue weighted by molar-refractivity contribution is -0.137. The number of benzene rings is 1. The van der Waals surface area contributed by atoms with Gasteiger partial charge >= 0.3 is 0 Å². The highest BCUT2D eigenvalue weighted by Crippen LogP contribution is 2.20. The molecule has 2 N–H and O–H groups in total. The predicted molar refractivity (Wildman–Crippen MR) is 110 cm³/mol. The Bertz CT molecular complexity index is 655. The summed E-state index contributed by atoms with van der Waals surface area (Å²) in [7, 11) is 0. The Morgan fingerprint density at radius 2 is 1.61 bits per heavy atom. The van der Waals surface area contributed by atoms with Gasteiger partial charge in [0.1, 0.15) is 11.4 Å². The number of carbonyl (C=O) groups is 2. The number of nitrogens with one attached hydrogen (secondary N) is 1. The van der Waals surface area contributed by atoms with E-state index in [1.165, 1.54) is 51.0 Å². The third kappa shape index (κ3) is 7.00. The van der Waals surface area contributed by atoms with Crippen molar-refractivity contribution < 1.29 is 19.4 Å². The summed E-state index contributed by atoms with van der Waals surface area (Å²) in [6.45, 7) is 2.70. The summed E-state index contributed by atoms with van der Waals surface area (Å²) >= 11 is 0. The van der Waals surface area contributed by atoms with E-state index in [0.717, 1.165) is 17.1 Å². The van der Waals surface area contributed by atoms with Crippen LogP contribution < -0.4 is 10.1 Å². The molecule has 1 aliphatic heterocycles. The molecule has 0 bridgehead atoms. The van der Waals surface area contributed by atoms with Crippen LogP contribution in [0.1, 0.15) is 58.3 Å². The molecule has 0 radical (unpaired) electrons. The van der Waals surface area contributed by atoms with E-state index in [9.17, 15) is 9.59 Å². The summed E-state index contributed by atoms with van der Waals surface area (Å²) in [5, 5.41) is 11.9. The molecule has 0 saturated carbocycles. The van der Waals surface area contributed by atoms with Gasteiger partial charge in [0, 0.05) is 11.8 Å². The summed E-state index contributed by atoms with van der Waals surface area (Å²) in [6.07, 6.45) is 11.4. The molecule has 2 amide bonds. The van der Waals surface area contributed by atoms with Crippen LogP contribution in [0.3, 0.4) is 0 Å². The number of β-amino-alcohol motifs (C(OH)–C–C–N with tert-alkyl or cyclic N) is 1. The third-order valence-electron chi connectivity index (χ3n) is 4.73. The molecule has 1 aromatic rings. The molecular weight excluding hydrogens is 356 g/mol. The van der Waals surface area contributed by atoms with Crippen LogP contribution in [0.4, 0.5) is 5.69 Å². The number of amides is 2. The zero-order valence-electron chi connectivity index (χ0n) is 16.8. The third-order valence-corrected chi connectivity index (χ3v) is 4.73. The molecule has 0 aromatic heterocycles. The van der Waals surface area contributed by atoms with Crippen molar-refractivity contribution in [3.8, 4) is 5.75 Å². The van der Waals surface area contributed by atoms with Crippen molar-refractivity contribution in [3.05, 3.63) is 36.0 Å². The van der Waals surface area contributed by atoms with Crippen LogP contribution in [0.5, 0.6) is 5.75 Å². The lowest BCUT2D eigenvalue weighted by Crippen LogP contribution is -2.34. The van der Waals surface area contributed by atoms with Gasteiger partial charge in [-0.15, -0.1) is 0 Å². The quantitative estimate of drug-likeness (QED) is 0.374. The van der Waals surface area contributed by atoms with E-state index in [1.54, 1.807) is 0 Å². The molecule has 0 unspecified atom stereocenters. The lowest BCUT2D eigenvalue weighted by Gasteiger charge is -2.13. The van der Waals surface area contributed by atoms with Crippen LogP contribution >= 0.6 is 0 Å². The highest BCUT2D eigenvalue weighted by atomic mass is 16.5. The second-order valence-corrected chi connectivity index (χ2v) is 7.05. The number of aliphatic hydroxyl groups is 1. The number of rotatable bonds is 14. The summed E-state index contributed by atoms with van der Waals surface area (Å²) in [4.78, 5) is 24.9. The molecule has 6 heteroatoms. The number of nitrogens with zero attached hydrogens (tertiary/aromatic N) is 1. The fourth-order valence-electron chi connectivity index (χ4n) is 3.13. The van der Waals surface area contributed by atoms with Crippen LogP contribution in [0, 0.1) is 0 Å². The van der Waals surface area contributed by atoms with E-state index in [-0.39, 0.29) is 18.8 Å². The SMILES string of the molecule is CCCCCCCCCCOc1ccc(NC2=CC(=O)N(CCO)C2=O)cc1. The van der Waals surface area contributed by atoms with Crippen molar-refractivity contribution in [1.29, 1.82) is 0 Å². The second-order valence-electron chi connectivity index (χ2n) is 7.05. The molecule has 1 aromatic carbocycles. The van der Waals surface area contributed by atoms with Crippen molar-refractivity contribution >= 4 is 17.5 Å². The minimum Gasteiger partial charge on any atom is -0.494 e. The molecule has 0 saturated heterocycles. The van der Waals surface area contributed by atoms with Gasteiger partial charge < -0.3 is 15.2 Å². The highest BCUT2D eigenvalue weighted by molar-refractivity contribution is 6.17. The van der Waals surface area contributed by atoms with E-state index in [2.05, 4.69) is 12.2 Å². The maximum atomic E-state index is 12.1. The lowest BCUT2D eigenvalue weighted by atomic mass is 10.1. The number of unbranched alkanes of at least 4 members (excludes halogenated alkanes) is 7. The van der Waals surface area contributed by atoms with Crippen LogP contribution in [-0.2, 0) is 9.59 Å². The van der Waals surface area contributed by atoms with Crippen molar-refractivity contribution in [2.45, 2.75) is 58.3 Å². The summed E-state index contributed by atoms with van der Waals surface area (Å²) < 4.78 is 5.76. The zero-order chi connectivity index (χ0) is 20.2. The number of ether oxygens (including phenoxy) is 1. The van der Waals surface area contributed by atoms with E-state index in [1.807, 2.05) is 24.3 Å². The fraction of sp³-hybridized carbons (Fsp3) is 0.545. The van der Waals surface area contributed by atoms with Gasteiger partial charge in [0.2, 0.25) is 0 Å². The molecule has 1 aliphatic rings. The molecule has 0 aliphatic carbocycles. The topological polar surface area (TPSA) is 78.9 Å². The zero-order valence-corrected chi connectivity index (χ0v) is 16.8. The Morgan fingerprint density at radius 1 is 0.964 bits per heavy atom. The molecule has 2 rings (SSSR count). The normalized spacial score (nSPS) is 13.8. The summed E-state index contributed by atoms with van der Waals surface area (Å²) in [5.41, 5.74) is 0.920. The predicted octanol–water partition coefficient (Wildman–Crippen LogP) is 3.86. The maximum Gasteiger partial charge on any atom is 0.277 e. The van der Waals surface area contributed by atoms with E-state index in [0.29, 0.717) is 12.3 Å². The molecular formula is C22H32N2O4. The van der Waals surface area contributed by atoms with Crippen LogP contribution in [0.15, 0.2) is 36.0 Å². The van der Waals surface area contributed by atoms with Gasteiger partial charge in [-0.3, -0.25) is 14.5 Å². The van der Waals surface area contributed by atoms with Gasteiger partial charge in [-0.25, -0.2) is 0 Å². The largest absolute Gasteiger partial charge is 0.494 e. The molecule has 0 fully saturated rings. The Morgan fingerprint density at radius 3 is 2.25 bits per heavy atom. The molecule has 0 spiro atoms. The number of imide groups is 1. The minimum atomic E-state index is -0.422. The molecule has 28 heavy (non-hydrogen) atoms. The molecule has 154 valence electrons. The van der Waals surface area contributed by atoms with Crippen molar-refractivity contribution in [1.82, 2.24) is 4.90 Å². The molecule has 6 nitrogen and oxygen atoms in total. The summed E-state index contributed by atoms with van der Waals surface area (Å²) in [5.74, 6) is -0.0425. The van der Waals surface area contributed by atoms with Gasteiger partial charge in [0.25, 0.3) is 11.8 Å². The first-order chi connectivity index (χ1) is 13.7. The Balaban J connectivity index is 1.66. The first kappa shape index (κ1) is 22.0. The second kappa shape index (κ2) is 12.2. The van der Waals surface area contributed by atoms with E-state index >= 15 is 0 Å². The standard InChI is InChI=1S/C22H32N2O4/c1-2-3-4-5-6-7-8-9-16-28-19-12-10-18(11-13-19)23-20-17-21(26)24(14-15-25)22(20)27/h10-13,17,23,25H,2-9,14-16H2,1H3. The number of hydrogen-bond donors (Lipinski definition) is 2. The van der Waals surface area contributed by atoms with Gasteiger partial charge in [0.15, 0.2) is 0 Å². The van der Waals surface area contributed by atoms with E-state index < -0.39 is 11.8 Å². The van der Waals surface area contributed by atoms with Crippen molar-refractivity contribution in [3.63, 3.8) is 0 Å². The Hall–Kier alpha value is -2.34. The smallest absolute Gasteiger partial charge is 0.277 e. The monoisotopic (exact) mass is 388 g/mol.